The van der Waals surface area contributed by atoms with Gasteiger partial charge in [-0.2, -0.15) is 0 Å². The Morgan fingerprint density at radius 1 is 0.527 bits per heavy atom. The van der Waals surface area contributed by atoms with Crippen molar-refractivity contribution >= 4 is 49.3 Å². The minimum absolute atomic E-state index is 0.0767. The van der Waals surface area contributed by atoms with Gasteiger partial charge in [0, 0.05) is 21.5 Å². The smallest absolute Gasteiger partial charge is 0.159 e. The Morgan fingerprint density at radius 2 is 1.16 bits per heavy atom. The van der Waals surface area contributed by atoms with Gasteiger partial charge in [-0.3, -0.25) is 5.32 Å². The second kappa shape index (κ2) is 12.6. The van der Waals surface area contributed by atoms with Gasteiger partial charge in [-0.25, -0.2) is 0 Å². The van der Waals surface area contributed by atoms with Gasteiger partial charge in [-0.05, 0) is 86.5 Å². The zero-order valence-electron chi connectivity index (χ0n) is 30.1. The predicted molar refractivity (Wildman–Crippen MR) is 229 cm³/mol. The predicted octanol–water partition coefficient (Wildman–Crippen LogP) is 13.2. The lowest BCUT2D eigenvalue weighted by Gasteiger charge is -2.36. The third-order valence-corrected chi connectivity index (χ3v) is 11.4. The first-order valence-corrected chi connectivity index (χ1v) is 18.9. The van der Waals surface area contributed by atoms with Gasteiger partial charge in [0.2, 0.25) is 0 Å². The molecule has 7 aromatic carbocycles. The molecule has 0 radical (unpaired) electrons. The van der Waals surface area contributed by atoms with E-state index in [9.17, 15) is 0 Å². The second-order valence-corrected chi connectivity index (χ2v) is 14.6. The lowest BCUT2D eigenvalue weighted by atomic mass is 9.79. The minimum atomic E-state index is -0.0767. The van der Waals surface area contributed by atoms with Crippen molar-refractivity contribution in [1.82, 2.24) is 9.88 Å². The molecule has 1 aliphatic heterocycles. The van der Waals surface area contributed by atoms with E-state index in [2.05, 4.69) is 205 Å². The van der Waals surface area contributed by atoms with Crippen LogP contribution in [0.3, 0.4) is 0 Å². The van der Waals surface area contributed by atoms with Crippen molar-refractivity contribution in [2.24, 2.45) is 0 Å². The van der Waals surface area contributed by atoms with Crippen molar-refractivity contribution in [2.45, 2.75) is 12.1 Å². The van der Waals surface area contributed by atoms with Crippen molar-refractivity contribution < 1.29 is 4.42 Å². The number of rotatable bonds is 5. The highest BCUT2D eigenvalue weighted by Crippen LogP contribution is 2.44. The van der Waals surface area contributed by atoms with Crippen LogP contribution in [-0.2, 0) is 0 Å². The van der Waals surface area contributed by atoms with Gasteiger partial charge in [-0.15, -0.1) is 0 Å². The van der Waals surface area contributed by atoms with E-state index in [1.165, 1.54) is 49.7 Å². The fourth-order valence-corrected chi connectivity index (χ4v) is 8.85. The summed E-state index contributed by atoms with van der Waals surface area (Å²) in [6, 6.07) is 58.8. The quantitative estimate of drug-likeness (QED) is 0.193. The van der Waals surface area contributed by atoms with Crippen LogP contribution in [0.4, 0.5) is 0 Å². The number of benzene rings is 7. The molecule has 3 heterocycles. The first kappa shape index (κ1) is 31.6. The van der Waals surface area contributed by atoms with Crippen LogP contribution in [0, 0.1) is 0 Å². The molecule has 0 bridgehead atoms. The standard InChI is InChI=1S/C52H36N2O/c1-33-50(36-18-9-4-10-19-36)42-20-11-12-22-45(42)53-51(33)39-24-27-40-41-21-13-23-48(52(41)55-49(40)32-39)54-46-28-25-37(34-14-5-2-6-15-34)30-43(46)44-31-38(26-29-47(44)54)35-16-7-3-8-17-35/h2-32,45,51,53H,1H2. The summed E-state index contributed by atoms with van der Waals surface area (Å²) in [5.41, 5.74) is 15.7. The summed E-state index contributed by atoms with van der Waals surface area (Å²) >= 11 is 0. The van der Waals surface area contributed by atoms with Crippen LogP contribution in [-0.4, -0.2) is 10.6 Å². The van der Waals surface area contributed by atoms with Crippen molar-refractivity contribution in [3.05, 3.63) is 217 Å². The highest BCUT2D eigenvalue weighted by atomic mass is 16.3. The third-order valence-electron chi connectivity index (χ3n) is 11.4. The average Bonchev–Trinajstić information content (AvgIpc) is 3.79. The number of nitrogens with one attached hydrogen (secondary N) is 1. The lowest BCUT2D eigenvalue weighted by Crippen LogP contribution is -2.38. The van der Waals surface area contributed by atoms with E-state index in [0.717, 1.165) is 49.8 Å². The summed E-state index contributed by atoms with van der Waals surface area (Å²) < 4.78 is 9.34. The molecule has 0 saturated heterocycles. The average molecular weight is 705 g/mol. The second-order valence-electron chi connectivity index (χ2n) is 14.6. The molecule has 260 valence electrons. The Kier molecular flexibility index (Phi) is 7.23. The number of para-hydroxylation sites is 1. The summed E-state index contributed by atoms with van der Waals surface area (Å²) in [4.78, 5) is 0. The van der Waals surface area contributed by atoms with E-state index < -0.39 is 0 Å². The molecule has 2 aliphatic rings. The highest BCUT2D eigenvalue weighted by molar-refractivity contribution is 6.14. The molecule has 9 aromatic rings. The number of furan rings is 1. The fourth-order valence-electron chi connectivity index (χ4n) is 8.85. The van der Waals surface area contributed by atoms with E-state index in [4.69, 9.17) is 4.42 Å². The lowest BCUT2D eigenvalue weighted by molar-refractivity contribution is 0.566. The van der Waals surface area contributed by atoms with E-state index in [-0.39, 0.29) is 12.1 Å². The van der Waals surface area contributed by atoms with Gasteiger partial charge < -0.3 is 8.98 Å². The van der Waals surface area contributed by atoms with Gasteiger partial charge in [0.05, 0.1) is 28.8 Å². The SMILES string of the molecule is C=C1C(c2ccccc2)=C2C=CC=CC2NC1c1ccc2c(c1)oc1c(-n3c4ccc(-c5ccccc5)cc4c4cc(-c5ccccc5)ccc43)cccc12. The van der Waals surface area contributed by atoms with Gasteiger partial charge in [0.1, 0.15) is 5.58 Å². The van der Waals surface area contributed by atoms with E-state index in [0.29, 0.717) is 0 Å². The monoisotopic (exact) mass is 704 g/mol. The molecule has 3 heteroatoms. The molecule has 3 nitrogen and oxygen atoms in total. The van der Waals surface area contributed by atoms with Crippen LogP contribution in [0.1, 0.15) is 17.2 Å². The number of hydrogen-bond donors (Lipinski definition) is 1. The Bertz CT molecular complexity index is 2970. The van der Waals surface area contributed by atoms with Gasteiger partial charge in [0.25, 0.3) is 0 Å². The molecule has 1 N–H and O–H groups in total. The van der Waals surface area contributed by atoms with Crippen LogP contribution in [0.2, 0.25) is 0 Å². The molecule has 11 rings (SSSR count). The Morgan fingerprint density at radius 3 is 1.82 bits per heavy atom. The first-order chi connectivity index (χ1) is 27.2. The van der Waals surface area contributed by atoms with Crippen molar-refractivity contribution in [3.8, 4) is 27.9 Å². The van der Waals surface area contributed by atoms with Crippen LogP contribution < -0.4 is 5.32 Å². The minimum Gasteiger partial charge on any atom is -0.454 e. The zero-order valence-corrected chi connectivity index (χ0v) is 30.1. The molecule has 2 aromatic heterocycles. The molecule has 0 amide bonds. The van der Waals surface area contributed by atoms with Gasteiger partial charge in [0.15, 0.2) is 5.58 Å². The molecule has 2 unspecified atom stereocenters. The van der Waals surface area contributed by atoms with E-state index in [1.54, 1.807) is 0 Å². The molecule has 0 fully saturated rings. The van der Waals surface area contributed by atoms with Crippen molar-refractivity contribution in [1.29, 1.82) is 0 Å². The maximum atomic E-state index is 6.96. The number of nitrogens with zero attached hydrogens (tertiary/aromatic N) is 1. The van der Waals surface area contributed by atoms with E-state index in [1.807, 2.05) is 0 Å². The molecule has 2 atom stereocenters. The largest absolute Gasteiger partial charge is 0.454 e. The van der Waals surface area contributed by atoms with E-state index >= 15 is 0 Å². The summed E-state index contributed by atoms with van der Waals surface area (Å²) in [6.07, 6.45) is 8.69. The number of hydrogen-bond acceptors (Lipinski definition) is 2. The Balaban J connectivity index is 1.08. The molecular formula is C52H36N2O. The van der Waals surface area contributed by atoms with Gasteiger partial charge >= 0.3 is 0 Å². The fraction of sp³-hybridized carbons (Fsp3) is 0.0385. The Hall–Kier alpha value is -6.94. The summed E-state index contributed by atoms with van der Waals surface area (Å²) in [6.45, 7) is 4.69. The molecular weight excluding hydrogens is 669 g/mol. The number of allylic oxidation sites excluding steroid dienone is 2. The van der Waals surface area contributed by atoms with Crippen molar-refractivity contribution in [2.75, 3.05) is 0 Å². The zero-order chi connectivity index (χ0) is 36.5. The molecule has 55 heavy (non-hydrogen) atoms. The van der Waals surface area contributed by atoms with Crippen LogP contribution >= 0.6 is 0 Å². The molecule has 1 aliphatic carbocycles. The summed E-state index contributed by atoms with van der Waals surface area (Å²) in [5, 5.41) is 8.49. The topological polar surface area (TPSA) is 30.1 Å². The van der Waals surface area contributed by atoms with Gasteiger partial charge in [-0.1, -0.05) is 158 Å². The highest BCUT2D eigenvalue weighted by Gasteiger charge is 2.32. The maximum absolute atomic E-state index is 6.96. The first-order valence-electron chi connectivity index (χ1n) is 18.9. The maximum Gasteiger partial charge on any atom is 0.159 e. The summed E-state index contributed by atoms with van der Waals surface area (Å²) in [7, 11) is 0. The van der Waals surface area contributed by atoms with Crippen LogP contribution in [0.5, 0.6) is 0 Å². The number of aromatic nitrogens is 1. The third kappa shape index (κ3) is 5.09. The van der Waals surface area contributed by atoms with Crippen molar-refractivity contribution in [3.63, 3.8) is 0 Å². The molecule has 0 spiro atoms. The Labute approximate surface area is 319 Å². The van der Waals surface area contributed by atoms with Crippen LogP contribution in [0.25, 0.3) is 77.3 Å². The number of fused-ring (bicyclic) bond motifs is 7. The summed E-state index contributed by atoms with van der Waals surface area (Å²) in [5.74, 6) is 0. The molecule has 0 saturated carbocycles. The van der Waals surface area contributed by atoms with Crippen LogP contribution in [0.15, 0.2) is 210 Å². The normalized spacial score (nSPS) is 16.8.